The van der Waals surface area contributed by atoms with Crippen LogP contribution < -0.4 is 0 Å². The molecule has 0 spiro atoms. The van der Waals surface area contributed by atoms with E-state index in [1.807, 2.05) is 10.8 Å². The highest BCUT2D eigenvalue weighted by Crippen LogP contribution is 2.48. The fourth-order valence-electron chi connectivity index (χ4n) is 1.03. The van der Waals surface area contributed by atoms with Gasteiger partial charge in [-0.15, -0.1) is 0 Å². The molecule has 3 unspecified atom stereocenters. The third-order valence-electron chi connectivity index (χ3n) is 2.03. The van der Waals surface area contributed by atoms with E-state index >= 15 is 0 Å². The lowest BCUT2D eigenvalue weighted by Crippen LogP contribution is -2.18. The second-order valence-electron chi connectivity index (χ2n) is 2.89. The zero-order chi connectivity index (χ0) is 8.43. The standard InChI is InChI=1S/C7H12O2S2/c1-4-5(2)10-11-6(4)3-7(8)9/h4-6H,3H2,1-2H3,(H,8,9). The number of carboxylic acid groups (broad SMARTS) is 1. The molecular formula is C7H12O2S2. The van der Waals surface area contributed by atoms with Gasteiger partial charge in [0.25, 0.3) is 0 Å². The van der Waals surface area contributed by atoms with E-state index in [4.69, 9.17) is 5.11 Å². The number of carbonyl (C=O) groups is 1. The lowest BCUT2D eigenvalue weighted by atomic mass is 10.0. The summed E-state index contributed by atoms with van der Waals surface area (Å²) in [6.45, 7) is 4.29. The van der Waals surface area contributed by atoms with Gasteiger partial charge in [0.1, 0.15) is 0 Å². The summed E-state index contributed by atoms with van der Waals surface area (Å²) in [5.74, 6) is -0.148. The first-order valence-corrected chi connectivity index (χ1v) is 5.93. The smallest absolute Gasteiger partial charge is 0.304 e. The molecule has 0 bridgehead atoms. The number of carboxylic acids is 1. The van der Waals surface area contributed by atoms with Crippen LogP contribution in [0.5, 0.6) is 0 Å². The van der Waals surface area contributed by atoms with Crippen LogP contribution in [0, 0.1) is 5.92 Å². The highest BCUT2D eigenvalue weighted by molar-refractivity contribution is 8.77. The van der Waals surface area contributed by atoms with E-state index < -0.39 is 5.97 Å². The molecule has 1 saturated heterocycles. The zero-order valence-electron chi connectivity index (χ0n) is 6.61. The second-order valence-corrected chi connectivity index (χ2v) is 5.78. The van der Waals surface area contributed by atoms with E-state index in [1.165, 1.54) is 0 Å². The molecule has 0 amide bonds. The van der Waals surface area contributed by atoms with Crippen molar-refractivity contribution in [1.82, 2.24) is 0 Å². The molecule has 1 aliphatic rings. The van der Waals surface area contributed by atoms with E-state index in [0.717, 1.165) is 0 Å². The van der Waals surface area contributed by atoms with Gasteiger partial charge in [0.2, 0.25) is 0 Å². The third-order valence-corrected chi connectivity index (χ3v) is 5.71. The van der Waals surface area contributed by atoms with Crippen LogP contribution in [0.1, 0.15) is 20.3 Å². The molecule has 0 aromatic rings. The average molecular weight is 192 g/mol. The van der Waals surface area contributed by atoms with Gasteiger partial charge >= 0.3 is 5.97 Å². The minimum atomic E-state index is -0.677. The van der Waals surface area contributed by atoms with Gasteiger partial charge in [0, 0.05) is 10.5 Å². The Bertz CT molecular complexity index is 161. The van der Waals surface area contributed by atoms with Crippen molar-refractivity contribution in [2.75, 3.05) is 0 Å². The molecule has 0 radical (unpaired) electrons. The summed E-state index contributed by atoms with van der Waals surface area (Å²) in [6.07, 6.45) is 0.309. The molecule has 64 valence electrons. The first-order chi connectivity index (χ1) is 5.11. The molecule has 1 heterocycles. The van der Waals surface area contributed by atoms with Gasteiger partial charge in [0.05, 0.1) is 6.42 Å². The Labute approximate surface area is 74.5 Å². The molecule has 0 aliphatic carbocycles. The Morgan fingerprint density at radius 3 is 2.45 bits per heavy atom. The van der Waals surface area contributed by atoms with Gasteiger partial charge in [-0.05, 0) is 5.92 Å². The summed E-state index contributed by atoms with van der Waals surface area (Å²) in [7, 11) is 3.53. The molecule has 1 aliphatic heterocycles. The van der Waals surface area contributed by atoms with Crippen molar-refractivity contribution in [1.29, 1.82) is 0 Å². The van der Waals surface area contributed by atoms with E-state index in [-0.39, 0.29) is 0 Å². The van der Waals surface area contributed by atoms with Crippen molar-refractivity contribution < 1.29 is 9.90 Å². The van der Waals surface area contributed by atoms with Gasteiger partial charge < -0.3 is 5.11 Å². The third kappa shape index (κ3) is 2.30. The monoisotopic (exact) mass is 192 g/mol. The van der Waals surface area contributed by atoms with E-state index in [0.29, 0.717) is 22.8 Å². The molecular weight excluding hydrogens is 180 g/mol. The normalized spacial score (nSPS) is 37.5. The maximum absolute atomic E-state index is 10.4. The summed E-state index contributed by atoms with van der Waals surface area (Å²) in [6, 6.07) is 0. The summed E-state index contributed by atoms with van der Waals surface area (Å²) in [5.41, 5.74) is 0. The van der Waals surface area contributed by atoms with Crippen molar-refractivity contribution in [3.63, 3.8) is 0 Å². The van der Waals surface area contributed by atoms with Gasteiger partial charge in [-0.1, -0.05) is 35.4 Å². The Morgan fingerprint density at radius 1 is 1.45 bits per heavy atom. The summed E-state index contributed by atoms with van der Waals surface area (Å²) in [5, 5.41) is 9.47. The Balaban J connectivity index is 2.42. The Kier molecular flexibility index (Phi) is 3.13. The second kappa shape index (κ2) is 3.72. The fraction of sp³-hybridized carbons (Fsp3) is 0.857. The predicted octanol–water partition coefficient (Wildman–Crippen LogP) is 2.25. The van der Waals surface area contributed by atoms with Gasteiger partial charge in [-0.25, -0.2) is 0 Å². The van der Waals surface area contributed by atoms with Crippen LogP contribution in [0.3, 0.4) is 0 Å². The van der Waals surface area contributed by atoms with Crippen LogP contribution in [0.4, 0.5) is 0 Å². The van der Waals surface area contributed by atoms with Crippen molar-refractivity contribution >= 4 is 27.6 Å². The topological polar surface area (TPSA) is 37.3 Å². The highest BCUT2D eigenvalue weighted by Gasteiger charge is 2.32. The van der Waals surface area contributed by atoms with Crippen LogP contribution in [0.25, 0.3) is 0 Å². The van der Waals surface area contributed by atoms with Gasteiger partial charge in [-0.3, -0.25) is 4.79 Å². The van der Waals surface area contributed by atoms with E-state index in [9.17, 15) is 4.79 Å². The van der Waals surface area contributed by atoms with E-state index in [2.05, 4.69) is 13.8 Å². The quantitative estimate of drug-likeness (QED) is 0.681. The van der Waals surface area contributed by atoms with Crippen LogP contribution in [0.2, 0.25) is 0 Å². The first-order valence-electron chi connectivity index (χ1n) is 3.65. The fourth-order valence-corrected chi connectivity index (χ4v) is 4.64. The minimum absolute atomic E-state index is 0.309. The van der Waals surface area contributed by atoms with Crippen molar-refractivity contribution in [3.8, 4) is 0 Å². The van der Waals surface area contributed by atoms with Gasteiger partial charge in [-0.2, -0.15) is 0 Å². The van der Waals surface area contributed by atoms with Crippen molar-refractivity contribution in [2.24, 2.45) is 5.92 Å². The van der Waals surface area contributed by atoms with Crippen LogP contribution >= 0.6 is 21.6 Å². The molecule has 4 heteroatoms. The molecule has 3 atom stereocenters. The maximum atomic E-state index is 10.4. The summed E-state index contributed by atoms with van der Waals surface area (Å²) >= 11 is 0. The number of hydrogen-bond donors (Lipinski definition) is 1. The molecule has 1 N–H and O–H groups in total. The van der Waals surface area contributed by atoms with Crippen LogP contribution in [-0.4, -0.2) is 21.6 Å². The van der Waals surface area contributed by atoms with Crippen LogP contribution in [0.15, 0.2) is 0 Å². The molecule has 1 fully saturated rings. The number of hydrogen-bond acceptors (Lipinski definition) is 3. The average Bonchev–Trinajstić information content (AvgIpc) is 2.18. The van der Waals surface area contributed by atoms with Crippen molar-refractivity contribution in [3.05, 3.63) is 0 Å². The zero-order valence-corrected chi connectivity index (χ0v) is 8.24. The lowest BCUT2D eigenvalue weighted by Gasteiger charge is -2.12. The first kappa shape index (κ1) is 9.26. The minimum Gasteiger partial charge on any atom is -0.481 e. The summed E-state index contributed by atoms with van der Waals surface area (Å²) in [4.78, 5) is 10.4. The molecule has 0 saturated carbocycles. The largest absolute Gasteiger partial charge is 0.481 e. The Hall–Kier alpha value is 0.170. The van der Waals surface area contributed by atoms with E-state index in [1.54, 1.807) is 10.8 Å². The summed E-state index contributed by atoms with van der Waals surface area (Å²) < 4.78 is 0. The molecule has 11 heavy (non-hydrogen) atoms. The molecule has 2 nitrogen and oxygen atoms in total. The number of rotatable bonds is 2. The highest BCUT2D eigenvalue weighted by atomic mass is 33.1. The van der Waals surface area contributed by atoms with Gasteiger partial charge in [0.15, 0.2) is 0 Å². The Morgan fingerprint density at radius 2 is 2.09 bits per heavy atom. The van der Waals surface area contributed by atoms with Crippen molar-refractivity contribution in [2.45, 2.75) is 30.8 Å². The molecule has 0 aromatic carbocycles. The SMILES string of the molecule is CC1SSC(CC(=O)O)C1C. The predicted molar refractivity (Wildman–Crippen MR) is 49.8 cm³/mol. The maximum Gasteiger partial charge on any atom is 0.304 e. The lowest BCUT2D eigenvalue weighted by molar-refractivity contribution is -0.137. The molecule has 0 aromatic heterocycles. The van der Waals surface area contributed by atoms with Crippen LogP contribution in [-0.2, 0) is 4.79 Å². The number of aliphatic carboxylic acids is 1. The molecule has 1 rings (SSSR count).